The average Bonchev–Trinajstić information content (AvgIpc) is 2.76. The number of rotatable bonds is 6. The second-order valence-electron chi connectivity index (χ2n) is 4.15. The molecule has 0 aliphatic heterocycles. The first-order chi connectivity index (χ1) is 8.08. The first-order valence-electron chi connectivity index (χ1n) is 6.01. The van der Waals surface area contributed by atoms with Gasteiger partial charge in [-0.3, -0.25) is 9.59 Å². The van der Waals surface area contributed by atoms with E-state index < -0.39 is 0 Å². The van der Waals surface area contributed by atoms with Crippen molar-refractivity contribution in [3.05, 3.63) is 24.0 Å². The molecule has 0 aromatic carbocycles. The topological polar surface area (TPSA) is 42.3 Å². The highest BCUT2D eigenvalue weighted by Gasteiger charge is 2.10. The van der Waals surface area contributed by atoms with Gasteiger partial charge in [0.05, 0.1) is 0 Å². The van der Waals surface area contributed by atoms with E-state index in [0.29, 0.717) is 25.1 Å². The fraction of sp³-hybridized carbons (Fsp3) is 0.538. The lowest BCUT2D eigenvalue weighted by molar-refractivity contribution is -0.130. The zero-order chi connectivity index (χ0) is 12.8. The van der Waals surface area contributed by atoms with Gasteiger partial charge < -0.3 is 9.47 Å². The van der Waals surface area contributed by atoms with Crippen molar-refractivity contribution in [2.24, 2.45) is 0 Å². The summed E-state index contributed by atoms with van der Waals surface area (Å²) in [5.74, 6) is 0.195. The van der Waals surface area contributed by atoms with Crippen LogP contribution in [0.15, 0.2) is 18.5 Å². The molecule has 0 aliphatic carbocycles. The van der Waals surface area contributed by atoms with Gasteiger partial charge in [0.2, 0.25) is 5.91 Å². The lowest BCUT2D eigenvalue weighted by Gasteiger charge is -2.14. The number of aromatic nitrogens is 1. The van der Waals surface area contributed by atoms with Gasteiger partial charge in [0.1, 0.15) is 6.54 Å². The Balaban J connectivity index is 2.62. The summed E-state index contributed by atoms with van der Waals surface area (Å²) in [6, 6.07) is 1.78. The predicted molar refractivity (Wildman–Crippen MR) is 67.0 cm³/mol. The Morgan fingerprint density at radius 3 is 2.65 bits per heavy atom. The third kappa shape index (κ3) is 3.73. The summed E-state index contributed by atoms with van der Waals surface area (Å²) in [5.41, 5.74) is 0.693. The second-order valence-corrected chi connectivity index (χ2v) is 4.15. The van der Waals surface area contributed by atoms with Crippen LogP contribution in [0.25, 0.3) is 0 Å². The Hall–Kier alpha value is -1.58. The van der Waals surface area contributed by atoms with Crippen LogP contribution < -0.4 is 0 Å². The molecule has 0 aliphatic rings. The number of ketones is 1. The van der Waals surface area contributed by atoms with Crippen molar-refractivity contribution in [1.29, 1.82) is 0 Å². The number of carbonyl (C=O) groups is 2. The maximum atomic E-state index is 11.7. The molecule has 1 aromatic heterocycles. The van der Waals surface area contributed by atoms with Crippen LogP contribution in [-0.2, 0) is 11.3 Å². The van der Waals surface area contributed by atoms with Crippen LogP contribution in [-0.4, -0.2) is 34.7 Å². The summed E-state index contributed by atoms with van der Waals surface area (Å²) < 4.78 is 1.76. The molecule has 0 spiro atoms. The third-order valence-electron chi connectivity index (χ3n) is 2.77. The van der Waals surface area contributed by atoms with Crippen molar-refractivity contribution in [3.63, 3.8) is 0 Å². The van der Waals surface area contributed by atoms with E-state index in [-0.39, 0.29) is 11.7 Å². The highest BCUT2D eigenvalue weighted by molar-refractivity contribution is 5.95. The molecule has 1 heterocycles. The van der Waals surface area contributed by atoms with Gasteiger partial charge in [0.15, 0.2) is 5.78 Å². The van der Waals surface area contributed by atoms with E-state index in [0.717, 1.165) is 6.42 Å². The fourth-order valence-corrected chi connectivity index (χ4v) is 1.53. The molecule has 1 aromatic rings. The largest absolute Gasteiger partial charge is 0.344 e. The quantitative estimate of drug-likeness (QED) is 0.708. The van der Waals surface area contributed by atoms with Crippen molar-refractivity contribution in [1.82, 2.24) is 9.47 Å². The van der Waals surface area contributed by atoms with Gasteiger partial charge in [-0.1, -0.05) is 6.92 Å². The lowest BCUT2D eigenvalue weighted by Crippen LogP contribution is -2.29. The Kier molecular flexibility index (Phi) is 4.94. The third-order valence-corrected chi connectivity index (χ3v) is 2.77. The molecule has 0 saturated carbocycles. The lowest BCUT2D eigenvalue weighted by atomic mass is 10.1. The van der Waals surface area contributed by atoms with Crippen LogP contribution in [0, 0.1) is 0 Å². The Morgan fingerprint density at radius 1 is 1.35 bits per heavy atom. The number of Topliss-reactive ketones (excluding diaryl/α,β-unsaturated/α-hetero) is 1. The van der Waals surface area contributed by atoms with Crippen molar-refractivity contribution in [2.45, 2.75) is 33.2 Å². The molecule has 0 bridgehead atoms. The van der Waals surface area contributed by atoms with E-state index in [4.69, 9.17) is 0 Å². The number of nitrogens with zero attached hydrogens (tertiary/aromatic N) is 2. The minimum Gasteiger partial charge on any atom is -0.344 e. The van der Waals surface area contributed by atoms with Gasteiger partial charge in [0.25, 0.3) is 0 Å². The van der Waals surface area contributed by atoms with Crippen LogP contribution in [0.1, 0.15) is 37.0 Å². The van der Waals surface area contributed by atoms with Crippen molar-refractivity contribution >= 4 is 11.7 Å². The fourth-order valence-electron chi connectivity index (χ4n) is 1.53. The molecule has 4 nitrogen and oxygen atoms in total. The predicted octanol–water partition coefficient (Wildman–Crippen LogP) is 1.95. The van der Waals surface area contributed by atoms with Crippen LogP contribution >= 0.6 is 0 Å². The Morgan fingerprint density at radius 2 is 2.06 bits per heavy atom. The molecule has 0 fully saturated rings. The normalized spacial score (nSPS) is 10.3. The smallest absolute Gasteiger partial charge is 0.242 e. The molecule has 1 rings (SSSR count). The summed E-state index contributed by atoms with van der Waals surface area (Å²) in [5, 5.41) is 0. The molecule has 0 saturated heterocycles. The zero-order valence-corrected chi connectivity index (χ0v) is 10.8. The van der Waals surface area contributed by atoms with Gasteiger partial charge in [-0.2, -0.15) is 0 Å². The Labute approximate surface area is 102 Å². The molecule has 94 valence electrons. The van der Waals surface area contributed by atoms with E-state index in [1.165, 1.54) is 0 Å². The van der Waals surface area contributed by atoms with E-state index in [1.807, 2.05) is 13.8 Å². The zero-order valence-electron chi connectivity index (χ0n) is 10.8. The van der Waals surface area contributed by atoms with E-state index in [1.54, 1.807) is 35.0 Å². The van der Waals surface area contributed by atoms with Gasteiger partial charge in [-0.05, 0) is 19.4 Å². The number of likely N-dealkylation sites (N-methyl/N-ethyl adjacent to an activating group) is 1. The molecule has 0 atom stereocenters. The first-order valence-corrected chi connectivity index (χ1v) is 6.01. The minimum absolute atomic E-state index is 0.0533. The SMILES string of the molecule is CCCC(=O)c1ccn(CC(=O)N(C)CC)c1. The number of hydrogen-bond acceptors (Lipinski definition) is 2. The second kappa shape index (κ2) is 6.23. The standard InChI is InChI=1S/C13H20N2O2/c1-4-6-12(16)11-7-8-15(9-11)10-13(17)14(3)5-2/h7-9H,4-6,10H2,1-3H3. The molecule has 0 N–H and O–H groups in total. The van der Waals surface area contributed by atoms with Crippen molar-refractivity contribution in [3.8, 4) is 0 Å². The van der Waals surface area contributed by atoms with Crippen LogP contribution in [0.4, 0.5) is 0 Å². The molecule has 0 unspecified atom stereocenters. The Bertz CT molecular complexity index is 396. The molecular weight excluding hydrogens is 216 g/mol. The average molecular weight is 236 g/mol. The van der Waals surface area contributed by atoms with Crippen LogP contribution in [0.5, 0.6) is 0 Å². The highest BCUT2D eigenvalue weighted by atomic mass is 16.2. The monoisotopic (exact) mass is 236 g/mol. The van der Waals surface area contributed by atoms with E-state index >= 15 is 0 Å². The van der Waals surface area contributed by atoms with Crippen LogP contribution in [0.3, 0.4) is 0 Å². The summed E-state index contributed by atoms with van der Waals surface area (Å²) >= 11 is 0. The summed E-state index contributed by atoms with van der Waals surface area (Å²) in [7, 11) is 1.77. The first kappa shape index (κ1) is 13.5. The number of hydrogen-bond donors (Lipinski definition) is 0. The van der Waals surface area contributed by atoms with Crippen molar-refractivity contribution < 1.29 is 9.59 Å². The maximum absolute atomic E-state index is 11.7. The summed E-state index contributed by atoms with van der Waals surface area (Å²) in [4.78, 5) is 25.0. The van der Waals surface area contributed by atoms with Crippen LogP contribution in [0.2, 0.25) is 0 Å². The van der Waals surface area contributed by atoms with Crippen molar-refractivity contribution in [2.75, 3.05) is 13.6 Å². The van der Waals surface area contributed by atoms with E-state index in [9.17, 15) is 9.59 Å². The summed E-state index contributed by atoms with van der Waals surface area (Å²) in [6.45, 7) is 4.91. The van der Waals surface area contributed by atoms with E-state index in [2.05, 4.69) is 0 Å². The molecular formula is C13H20N2O2. The molecule has 1 amide bonds. The molecule has 0 radical (unpaired) electrons. The molecule has 17 heavy (non-hydrogen) atoms. The highest BCUT2D eigenvalue weighted by Crippen LogP contribution is 2.07. The number of carbonyl (C=O) groups excluding carboxylic acids is 2. The maximum Gasteiger partial charge on any atom is 0.242 e. The van der Waals surface area contributed by atoms with Gasteiger partial charge >= 0.3 is 0 Å². The molecule has 4 heteroatoms. The minimum atomic E-state index is 0.0533. The summed E-state index contributed by atoms with van der Waals surface area (Å²) in [6.07, 6.45) is 4.94. The van der Waals surface area contributed by atoms with Gasteiger partial charge in [-0.15, -0.1) is 0 Å². The van der Waals surface area contributed by atoms with Gasteiger partial charge in [0, 0.05) is 38.0 Å². The number of amides is 1. The van der Waals surface area contributed by atoms with Gasteiger partial charge in [-0.25, -0.2) is 0 Å².